The lowest BCUT2D eigenvalue weighted by Crippen LogP contribution is -2.37. The van der Waals surface area contributed by atoms with Crippen molar-refractivity contribution in [1.82, 2.24) is 25.9 Å². The number of nitrogens with one attached hydrogen (secondary N) is 3. The molecule has 1 aliphatic carbocycles. The highest BCUT2D eigenvalue weighted by Crippen LogP contribution is 2.23. The summed E-state index contributed by atoms with van der Waals surface area (Å²) in [5.74, 6) is -0.396. The van der Waals surface area contributed by atoms with Crippen LogP contribution in [0.4, 0.5) is 5.82 Å². The predicted molar refractivity (Wildman–Crippen MR) is 126 cm³/mol. The molecule has 2 aromatic carbocycles. The number of fused-ring (bicyclic) bond motifs is 1. The third-order valence-electron chi connectivity index (χ3n) is 6.22. The van der Waals surface area contributed by atoms with Gasteiger partial charge in [-0.3, -0.25) is 9.59 Å². The minimum atomic E-state index is -0.342. The van der Waals surface area contributed by atoms with Crippen LogP contribution >= 0.6 is 0 Å². The molecule has 0 unspecified atom stereocenters. The van der Waals surface area contributed by atoms with Crippen LogP contribution in [0.5, 0.6) is 0 Å². The topological polar surface area (TPSA) is 122 Å². The van der Waals surface area contributed by atoms with Crippen LogP contribution in [0.1, 0.15) is 38.4 Å². The molecule has 8 nitrogen and oxygen atoms in total. The molecule has 0 spiro atoms. The average Bonchev–Trinajstić information content (AvgIpc) is 3.48. The molecule has 0 bridgehead atoms. The van der Waals surface area contributed by atoms with Crippen LogP contribution < -0.4 is 21.7 Å². The van der Waals surface area contributed by atoms with Gasteiger partial charge in [-0.25, -0.2) is 9.97 Å². The van der Waals surface area contributed by atoms with Crippen molar-refractivity contribution in [2.24, 2.45) is 0 Å². The first-order valence-corrected chi connectivity index (χ1v) is 11.2. The summed E-state index contributed by atoms with van der Waals surface area (Å²) in [5, 5.41) is 9.29. The number of nitrogens with zero attached hydrogens (tertiary/aromatic N) is 2. The molecule has 1 atom stereocenters. The largest absolute Gasteiger partial charge is 0.382 e. The molecule has 8 heteroatoms. The van der Waals surface area contributed by atoms with Gasteiger partial charge < -0.3 is 21.7 Å². The number of hydrogen-bond acceptors (Lipinski definition) is 6. The summed E-state index contributed by atoms with van der Waals surface area (Å²) in [4.78, 5) is 34.2. The van der Waals surface area contributed by atoms with Gasteiger partial charge in [-0.1, -0.05) is 36.4 Å². The fraction of sp³-hybridized carbons (Fsp3) is 0.280. The Hall–Kier alpha value is -3.78. The molecular formula is C25H26N6O2. The van der Waals surface area contributed by atoms with Crippen LogP contribution in [0.2, 0.25) is 0 Å². The maximum Gasteiger partial charge on any atom is 0.274 e. The minimum Gasteiger partial charge on any atom is -0.382 e. The van der Waals surface area contributed by atoms with Crippen molar-refractivity contribution in [3.05, 3.63) is 77.1 Å². The molecule has 1 fully saturated rings. The molecule has 5 rings (SSSR count). The first kappa shape index (κ1) is 21.1. The van der Waals surface area contributed by atoms with Crippen molar-refractivity contribution >= 4 is 17.6 Å². The van der Waals surface area contributed by atoms with E-state index in [9.17, 15) is 9.59 Å². The molecular weight excluding hydrogens is 416 g/mol. The highest BCUT2D eigenvalue weighted by molar-refractivity contribution is 5.97. The quantitative estimate of drug-likeness (QED) is 0.477. The van der Waals surface area contributed by atoms with Crippen molar-refractivity contribution in [1.29, 1.82) is 0 Å². The van der Waals surface area contributed by atoms with Crippen molar-refractivity contribution < 1.29 is 9.59 Å². The average molecular weight is 443 g/mol. The van der Waals surface area contributed by atoms with E-state index >= 15 is 0 Å². The van der Waals surface area contributed by atoms with E-state index in [0.717, 1.165) is 32.4 Å². The van der Waals surface area contributed by atoms with Gasteiger partial charge in [0.05, 0.1) is 11.9 Å². The number of carbonyl (C=O) groups excluding carboxylic acids is 2. The van der Waals surface area contributed by atoms with Gasteiger partial charge >= 0.3 is 0 Å². The number of amides is 2. The molecule has 0 saturated carbocycles. The Morgan fingerprint density at radius 1 is 0.970 bits per heavy atom. The zero-order valence-electron chi connectivity index (χ0n) is 18.2. The number of nitrogen functional groups attached to an aromatic ring is 1. The van der Waals surface area contributed by atoms with Crippen molar-refractivity contribution in [3.63, 3.8) is 0 Å². The van der Waals surface area contributed by atoms with Crippen molar-refractivity contribution in [2.75, 3.05) is 18.8 Å². The van der Waals surface area contributed by atoms with Crippen LogP contribution in [-0.2, 0) is 12.8 Å². The van der Waals surface area contributed by atoms with E-state index in [0.29, 0.717) is 16.8 Å². The van der Waals surface area contributed by atoms with E-state index in [1.807, 2.05) is 18.2 Å². The molecule has 1 saturated heterocycles. The van der Waals surface area contributed by atoms with E-state index in [-0.39, 0.29) is 35.4 Å². The van der Waals surface area contributed by atoms with Crippen LogP contribution in [0.15, 0.2) is 54.7 Å². The molecule has 2 amide bonds. The maximum absolute atomic E-state index is 12.9. The number of rotatable bonds is 5. The van der Waals surface area contributed by atoms with Crippen LogP contribution in [0.3, 0.4) is 0 Å². The molecule has 0 radical (unpaired) electrons. The summed E-state index contributed by atoms with van der Waals surface area (Å²) >= 11 is 0. The van der Waals surface area contributed by atoms with Gasteiger partial charge in [-0.05, 0) is 49.1 Å². The molecule has 2 aliphatic rings. The molecule has 1 aromatic heterocycles. The summed E-state index contributed by atoms with van der Waals surface area (Å²) in [5.41, 5.74) is 10.3. The second-order valence-electron chi connectivity index (χ2n) is 8.58. The number of anilines is 1. The lowest BCUT2D eigenvalue weighted by molar-refractivity contribution is 0.0928. The fourth-order valence-electron chi connectivity index (χ4n) is 4.49. The normalized spacial score (nSPS) is 17.5. The Balaban J connectivity index is 1.31. The summed E-state index contributed by atoms with van der Waals surface area (Å²) in [6, 6.07) is 15.6. The summed E-state index contributed by atoms with van der Waals surface area (Å²) in [7, 11) is 0. The van der Waals surface area contributed by atoms with Gasteiger partial charge in [-0.2, -0.15) is 0 Å². The Morgan fingerprint density at radius 2 is 1.73 bits per heavy atom. The highest BCUT2D eigenvalue weighted by Gasteiger charge is 2.24. The number of nitrogens with two attached hydrogens (primary N) is 1. The van der Waals surface area contributed by atoms with Gasteiger partial charge in [0.1, 0.15) is 0 Å². The monoisotopic (exact) mass is 442 g/mol. The second-order valence-corrected chi connectivity index (χ2v) is 8.58. The zero-order chi connectivity index (χ0) is 22.8. The first-order chi connectivity index (χ1) is 16.1. The van der Waals surface area contributed by atoms with Crippen LogP contribution in [-0.4, -0.2) is 47.0 Å². The fourth-order valence-corrected chi connectivity index (χ4v) is 4.49. The lowest BCUT2D eigenvalue weighted by Gasteiger charge is -2.14. The van der Waals surface area contributed by atoms with E-state index in [1.54, 1.807) is 18.2 Å². The van der Waals surface area contributed by atoms with Crippen LogP contribution in [0, 0.1) is 0 Å². The Kier molecular flexibility index (Phi) is 5.75. The Bertz CT molecular complexity index is 1180. The van der Waals surface area contributed by atoms with E-state index in [2.05, 4.69) is 38.1 Å². The number of benzene rings is 2. The van der Waals surface area contributed by atoms with Gasteiger partial charge in [-0.15, -0.1) is 0 Å². The molecule has 33 heavy (non-hydrogen) atoms. The molecule has 3 aromatic rings. The summed E-state index contributed by atoms with van der Waals surface area (Å²) in [6.45, 7) is 1.59. The van der Waals surface area contributed by atoms with Gasteiger partial charge in [0.25, 0.3) is 11.8 Å². The van der Waals surface area contributed by atoms with Gasteiger partial charge in [0.15, 0.2) is 11.5 Å². The second kappa shape index (κ2) is 8.99. The molecule has 5 N–H and O–H groups in total. The maximum atomic E-state index is 12.9. The third kappa shape index (κ3) is 4.56. The molecule has 1 aliphatic heterocycles. The lowest BCUT2D eigenvalue weighted by atomic mass is 10.1. The van der Waals surface area contributed by atoms with E-state index < -0.39 is 0 Å². The standard InChI is InChI=1S/C25H26N6O2/c26-23-22(25(33)29-19-8-9-27-13-19)31-21(14-28-23)17-6-3-7-18(10-17)24(32)30-20-11-15-4-1-2-5-16(15)12-20/h1-7,10,14,19-20,27H,8-9,11-13H2,(H2,26,28)(H,29,33)(H,30,32)/t19-/m0/s1. The number of hydrogen-bond donors (Lipinski definition) is 4. The number of aromatic nitrogens is 2. The zero-order valence-corrected chi connectivity index (χ0v) is 18.2. The Labute approximate surface area is 192 Å². The first-order valence-electron chi connectivity index (χ1n) is 11.2. The van der Waals surface area contributed by atoms with E-state index in [4.69, 9.17) is 5.73 Å². The SMILES string of the molecule is Nc1ncc(-c2cccc(C(=O)NC3Cc4ccccc4C3)c2)nc1C(=O)N[C@H]1CCNC1. The smallest absolute Gasteiger partial charge is 0.274 e. The molecule has 2 heterocycles. The highest BCUT2D eigenvalue weighted by atomic mass is 16.2. The summed E-state index contributed by atoms with van der Waals surface area (Å²) in [6.07, 6.45) is 4.05. The number of carbonyl (C=O) groups is 2. The third-order valence-corrected chi connectivity index (χ3v) is 6.22. The predicted octanol–water partition coefficient (Wildman–Crippen LogP) is 1.71. The Morgan fingerprint density at radius 3 is 2.45 bits per heavy atom. The van der Waals surface area contributed by atoms with Crippen LogP contribution in [0.25, 0.3) is 11.3 Å². The molecule has 168 valence electrons. The van der Waals surface area contributed by atoms with Gasteiger partial charge in [0.2, 0.25) is 0 Å². The van der Waals surface area contributed by atoms with Crippen molar-refractivity contribution in [3.8, 4) is 11.3 Å². The van der Waals surface area contributed by atoms with Crippen molar-refractivity contribution in [2.45, 2.75) is 31.3 Å². The van der Waals surface area contributed by atoms with E-state index in [1.165, 1.54) is 17.3 Å². The minimum absolute atomic E-state index is 0.0519. The summed E-state index contributed by atoms with van der Waals surface area (Å²) < 4.78 is 0. The van der Waals surface area contributed by atoms with Gasteiger partial charge in [0, 0.05) is 29.8 Å².